The molecule has 3 aromatic rings. The zero-order valence-electron chi connectivity index (χ0n) is 11.4. The minimum Gasteiger partial charge on any atom is -0.495 e. The molecule has 0 atom stereocenters. The number of hydrogen-bond acceptors (Lipinski definition) is 3. The molecule has 102 valence electrons. The van der Waals surface area contributed by atoms with Crippen molar-refractivity contribution in [2.24, 2.45) is 0 Å². The highest BCUT2D eigenvalue weighted by molar-refractivity contribution is 6.04. The number of hydrogen-bond donors (Lipinski definition) is 1. The summed E-state index contributed by atoms with van der Waals surface area (Å²) < 4.78 is 7.29. The van der Waals surface area contributed by atoms with Crippen molar-refractivity contribution in [2.75, 3.05) is 13.7 Å². The number of rotatable bonds is 3. The molecule has 0 unspecified atom stereocenters. The first kappa shape index (κ1) is 12.5. The summed E-state index contributed by atoms with van der Waals surface area (Å²) in [4.78, 5) is 16.5. The average Bonchev–Trinajstić information content (AvgIpc) is 2.95. The van der Waals surface area contributed by atoms with Gasteiger partial charge in [0, 0.05) is 24.3 Å². The van der Waals surface area contributed by atoms with E-state index in [2.05, 4.69) is 10.3 Å². The lowest BCUT2D eigenvalue weighted by atomic mass is 10.1. The van der Waals surface area contributed by atoms with Crippen molar-refractivity contribution in [2.45, 2.75) is 6.92 Å². The van der Waals surface area contributed by atoms with E-state index in [1.165, 1.54) is 0 Å². The first-order valence-electron chi connectivity index (χ1n) is 6.47. The Morgan fingerprint density at radius 1 is 1.45 bits per heavy atom. The summed E-state index contributed by atoms with van der Waals surface area (Å²) in [5.41, 5.74) is 2.11. The molecule has 0 saturated carbocycles. The Hall–Kier alpha value is -2.56. The molecule has 1 amide bonds. The lowest BCUT2D eigenvalue weighted by molar-refractivity contribution is 0.0957. The molecule has 20 heavy (non-hydrogen) atoms. The lowest BCUT2D eigenvalue weighted by Crippen LogP contribution is -2.23. The summed E-state index contributed by atoms with van der Waals surface area (Å²) in [6.07, 6.45) is 3.52. The fourth-order valence-corrected chi connectivity index (χ4v) is 2.40. The van der Waals surface area contributed by atoms with Crippen molar-refractivity contribution >= 4 is 22.5 Å². The number of nitrogens with one attached hydrogen (secondary N) is 1. The number of para-hydroxylation sites is 1. The number of nitrogens with zero attached hydrogens (tertiary/aromatic N) is 2. The SMILES string of the molecule is CCNC(=O)c1cc2cccc(OC)c2n2ccnc12. The second kappa shape index (κ2) is 4.85. The van der Waals surface area contributed by atoms with Gasteiger partial charge in [-0.1, -0.05) is 12.1 Å². The summed E-state index contributed by atoms with van der Waals surface area (Å²) in [5.74, 6) is 0.640. The Morgan fingerprint density at radius 2 is 2.30 bits per heavy atom. The average molecular weight is 269 g/mol. The molecule has 0 aliphatic heterocycles. The van der Waals surface area contributed by atoms with Crippen LogP contribution in [-0.2, 0) is 0 Å². The third-order valence-electron chi connectivity index (χ3n) is 3.25. The highest BCUT2D eigenvalue weighted by Crippen LogP contribution is 2.28. The standard InChI is InChI=1S/C15H15N3O2/c1-3-16-15(19)11-9-10-5-4-6-12(20-2)13(10)18-8-7-17-14(11)18/h4-9H,3H2,1-2H3,(H,16,19). The number of fused-ring (bicyclic) bond motifs is 3. The van der Waals surface area contributed by atoms with E-state index in [0.717, 1.165) is 16.7 Å². The Bertz CT molecular complexity index is 792. The van der Waals surface area contributed by atoms with E-state index in [0.29, 0.717) is 17.8 Å². The topological polar surface area (TPSA) is 55.6 Å². The molecule has 2 heterocycles. The molecule has 1 N–H and O–H groups in total. The van der Waals surface area contributed by atoms with Gasteiger partial charge >= 0.3 is 0 Å². The number of carbonyl (C=O) groups is 1. The molecule has 2 aromatic heterocycles. The number of imidazole rings is 1. The van der Waals surface area contributed by atoms with Crippen molar-refractivity contribution in [3.63, 3.8) is 0 Å². The zero-order chi connectivity index (χ0) is 14.1. The van der Waals surface area contributed by atoms with Gasteiger partial charge in [0.15, 0.2) is 0 Å². The number of amides is 1. The zero-order valence-corrected chi connectivity index (χ0v) is 11.4. The van der Waals surface area contributed by atoms with Gasteiger partial charge in [-0.15, -0.1) is 0 Å². The van der Waals surface area contributed by atoms with Gasteiger partial charge < -0.3 is 10.1 Å². The van der Waals surface area contributed by atoms with Crippen LogP contribution in [0.2, 0.25) is 0 Å². The highest BCUT2D eigenvalue weighted by Gasteiger charge is 2.15. The van der Waals surface area contributed by atoms with Gasteiger partial charge in [-0.2, -0.15) is 0 Å². The van der Waals surface area contributed by atoms with Gasteiger partial charge in [-0.05, 0) is 19.1 Å². The van der Waals surface area contributed by atoms with Crippen molar-refractivity contribution in [3.8, 4) is 5.75 Å². The molecule has 3 rings (SSSR count). The molecular formula is C15H15N3O2. The Balaban J connectivity index is 2.38. The fourth-order valence-electron chi connectivity index (χ4n) is 2.40. The van der Waals surface area contributed by atoms with Crippen LogP contribution >= 0.6 is 0 Å². The maximum absolute atomic E-state index is 12.2. The van der Waals surface area contributed by atoms with Crippen LogP contribution in [0.4, 0.5) is 0 Å². The van der Waals surface area contributed by atoms with Crippen LogP contribution in [0, 0.1) is 0 Å². The first-order valence-corrected chi connectivity index (χ1v) is 6.47. The maximum atomic E-state index is 12.2. The molecule has 0 aliphatic carbocycles. The number of methoxy groups -OCH3 is 1. The number of carbonyl (C=O) groups excluding carboxylic acids is 1. The van der Waals surface area contributed by atoms with Crippen LogP contribution in [0.3, 0.4) is 0 Å². The molecular weight excluding hydrogens is 254 g/mol. The van der Waals surface area contributed by atoms with Gasteiger partial charge in [0.25, 0.3) is 5.91 Å². The quantitative estimate of drug-likeness (QED) is 0.793. The van der Waals surface area contributed by atoms with Crippen LogP contribution in [-0.4, -0.2) is 28.9 Å². The van der Waals surface area contributed by atoms with E-state index in [1.807, 2.05) is 41.8 Å². The third kappa shape index (κ3) is 1.79. The van der Waals surface area contributed by atoms with E-state index in [1.54, 1.807) is 13.3 Å². The van der Waals surface area contributed by atoms with Gasteiger partial charge in [-0.3, -0.25) is 9.20 Å². The van der Waals surface area contributed by atoms with E-state index >= 15 is 0 Å². The fraction of sp³-hybridized carbons (Fsp3) is 0.200. The van der Waals surface area contributed by atoms with Crippen molar-refractivity contribution in [1.29, 1.82) is 0 Å². The number of benzene rings is 1. The molecule has 0 fully saturated rings. The third-order valence-corrected chi connectivity index (χ3v) is 3.25. The summed E-state index contributed by atoms with van der Waals surface area (Å²) in [6, 6.07) is 7.62. The van der Waals surface area contributed by atoms with Gasteiger partial charge in [-0.25, -0.2) is 4.98 Å². The van der Waals surface area contributed by atoms with Crippen LogP contribution in [0.5, 0.6) is 5.75 Å². The highest BCUT2D eigenvalue weighted by atomic mass is 16.5. The van der Waals surface area contributed by atoms with E-state index in [4.69, 9.17) is 4.74 Å². The van der Waals surface area contributed by atoms with Crippen LogP contribution in [0.15, 0.2) is 36.7 Å². The first-order chi connectivity index (χ1) is 9.76. The minimum atomic E-state index is -0.117. The molecule has 0 saturated heterocycles. The predicted molar refractivity (Wildman–Crippen MR) is 77.3 cm³/mol. The summed E-state index contributed by atoms with van der Waals surface area (Å²) in [5, 5.41) is 3.75. The maximum Gasteiger partial charge on any atom is 0.255 e. The Morgan fingerprint density at radius 3 is 3.05 bits per heavy atom. The van der Waals surface area contributed by atoms with Crippen molar-refractivity contribution in [3.05, 3.63) is 42.2 Å². The summed E-state index contributed by atoms with van der Waals surface area (Å²) >= 11 is 0. The second-order valence-corrected chi connectivity index (χ2v) is 4.44. The normalized spacial score (nSPS) is 10.9. The van der Waals surface area contributed by atoms with E-state index in [-0.39, 0.29) is 5.91 Å². The van der Waals surface area contributed by atoms with Gasteiger partial charge in [0.1, 0.15) is 11.4 Å². The second-order valence-electron chi connectivity index (χ2n) is 4.44. The Kier molecular flexibility index (Phi) is 3.02. The van der Waals surface area contributed by atoms with Crippen molar-refractivity contribution < 1.29 is 9.53 Å². The molecule has 1 aromatic carbocycles. The van der Waals surface area contributed by atoms with Crippen molar-refractivity contribution in [1.82, 2.24) is 14.7 Å². The number of pyridine rings is 1. The molecule has 0 radical (unpaired) electrons. The number of aromatic nitrogens is 2. The smallest absolute Gasteiger partial charge is 0.255 e. The van der Waals surface area contributed by atoms with Crippen LogP contribution in [0.1, 0.15) is 17.3 Å². The Labute approximate surface area is 116 Å². The predicted octanol–water partition coefficient (Wildman–Crippen LogP) is 2.25. The van der Waals surface area contributed by atoms with Crippen LogP contribution in [0.25, 0.3) is 16.6 Å². The molecule has 0 aliphatic rings. The lowest BCUT2D eigenvalue weighted by Gasteiger charge is -2.11. The largest absolute Gasteiger partial charge is 0.495 e. The van der Waals surface area contributed by atoms with E-state index in [9.17, 15) is 4.79 Å². The summed E-state index contributed by atoms with van der Waals surface area (Å²) in [6.45, 7) is 2.48. The van der Waals surface area contributed by atoms with Crippen LogP contribution < -0.4 is 10.1 Å². The molecule has 0 spiro atoms. The molecule has 0 bridgehead atoms. The van der Waals surface area contributed by atoms with Gasteiger partial charge in [0.05, 0.1) is 18.2 Å². The monoisotopic (exact) mass is 269 g/mol. The number of ether oxygens (including phenoxy) is 1. The minimum absolute atomic E-state index is 0.117. The molecule has 5 heteroatoms. The molecule has 5 nitrogen and oxygen atoms in total. The van der Waals surface area contributed by atoms with E-state index < -0.39 is 0 Å². The van der Waals surface area contributed by atoms with Gasteiger partial charge in [0.2, 0.25) is 0 Å². The summed E-state index contributed by atoms with van der Waals surface area (Å²) in [7, 11) is 1.63.